The summed E-state index contributed by atoms with van der Waals surface area (Å²) >= 11 is 5.97. The second-order valence-electron chi connectivity index (χ2n) is 5.86. The van der Waals surface area contributed by atoms with Gasteiger partial charge in [0.15, 0.2) is 17.0 Å². The lowest BCUT2D eigenvalue weighted by atomic mass is 10.2. The number of ether oxygens (including phenoxy) is 1. The maximum absolute atomic E-state index is 10.1. The van der Waals surface area contributed by atoms with Crippen molar-refractivity contribution in [3.8, 4) is 11.4 Å². The number of hydrogen-bond acceptors (Lipinski definition) is 7. The number of hydrogen-bond donors (Lipinski definition) is 3. The van der Waals surface area contributed by atoms with Crippen LogP contribution in [-0.2, 0) is 4.74 Å². The van der Waals surface area contributed by atoms with Crippen LogP contribution >= 0.6 is 11.6 Å². The summed E-state index contributed by atoms with van der Waals surface area (Å²) in [5.74, 6) is 0.839. The molecule has 4 N–H and O–H groups in total. The first-order valence-electron chi connectivity index (χ1n) is 7.77. The zero-order chi connectivity index (χ0) is 17.6. The summed E-state index contributed by atoms with van der Waals surface area (Å²) in [6.45, 7) is -0.266. The molecule has 0 saturated carbocycles. The van der Waals surface area contributed by atoms with Crippen LogP contribution in [-0.4, -0.2) is 48.5 Å². The molecule has 0 amide bonds. The van der Waals surface area contributed by atoms with Gasteiger partial charge in [-0.1, -0.05) is 11.6 Å². The summed E-state index contributed by atoms with van der Waals surface area (Å²) in [7, 11) is 0. The molecule has 0 spiro atoms. The highest BCUT2D eigenvalue weighted by Gasteiger charge is 2.37. The zero-order valence-corrected chi connectivity index (χ0v) is 13.8. The maximum atomic E-state index is 10.1. The van der Waals surface area contributed by atoms with Crippen LogP contribution in [0.15, 0.2) is 30.6 Å². The van der Waals surface area contributed by atoms with Crippen LogP contribution in [0.2, 0.25) is 5.02 Å². The van der Waals surface area contributed by atoms with E-state index in [2.05, 4.69) is 15.0 Å². The maximum Gasteiger partial charge on any atom is 0.168 e. The van der Waals surface area contributed by atoms with Crippen LogP contribution < -0.4 is 5.73 Å². The number of halogens is 1. The van der Waals surface area contributed by atoms with E-state index in [-0.39, 0.29) is 12.4 Å². The van der Waals surface area contributed by atoms with E-state index in [4.69, 9.17) is 22.1 Å². The molecule has 1 aliphatic heterocycles. The number of nitrogen functional groups attached to an aromatic ring is 1. The molecule has 0 unspecified atom stereocenters. The summed E-state index contributed by atoms with van der Waals surface area (Å²) in [4.78, 5) is 12.8. The Kier molecular flexibility index (Phi) is 4.04. The Hall–Kier alpha value is -2.26. The molecule has 0 aliphatic carbocycles. The van der Waals surface area contributed by atoms with Gasteiger partial charge >= 0.3 is 0 Å². The molecule has 4 rings (SSSR count). The molecule has 3 atom stereocenters. The Balaban J connectivity index is 1.90. The lowest BCUT2D eigenvalue weighted by Gasteiger charge is -2.16. The molecule has 3 heterocycles. The molecule has 0 radical (unpaired) electrons. The van der Waals surface area contributed by atoms with Crippen LogP contribution in [0.5, 0.6) is 0 Å². The quantitative estimate of drug-likeness (QED) is 0.644. The van der Waals surface area contributed by atoms with E-state index in [1.165, 1.54) is 6.33 Å². The summed E-state index contributed by atoms with van der Waals surface area (Å²) in [5.41, 5.74) is 7.70. The third-order valence-corrected chi connectivity index (χ3v) is 4.53. The number of aromatic nitrogens is 4. The highest BCUT2D eigenvalue weighted by Crippen LogP contribution is 2.36. The van der Waals surface area contributed by atoms with Crippen LogP contribution in [0, 0.1) is 0 Å². The van der Waals surface area contributed by atoms with E-state index < -0.39 is 18.4 Å². The topological polar surface area (TPSA) is 119 Å². The monoisotopic (exact) mass is 361 g/mol. The Bertz CT molecular complexity index is 914. The summed E-state index contributed by atoms with van der Waals surface area (Å²) < 4.78 is 7.57. The molecule has 2 aromatic heterocycles. The number of fused-ring (bicyclic) bond motifs is 1. The van der Waals surface area contributed by atoms with Gasteiger partial charge in [-0.3, -0.25) is 4.57 Å². The van der Waals surface area contributed by atoms with Gasteiger partial charge in [-0.2, -0.15) is 0 Å². The number of benzene rings is 1. The van der Waals surface area contributed by atoms with Crippen molar-refractivity contribution in [1.29, 1.82) is 0 Å². The van der Waals surface area contributed by atoms with Gasteiger partial charge in [0.25, 0.3) is 0 Å². The van der Waals surface area contributed by atoms with Crippen molar-refractivity contribution in [2.75, 3.05) is 12.3 Å². The van der Waals surface area contributed by atoms with E-state index >= 15 is 0 Å². The smallest absolute Gasteiger partial charge is 0.168 e. The number of anilines is 1. The number of nitrogens with zero attached hydrogens (tertiary/aromatic N) is 4. The Morgan fingerprint density at radius 3 is 2.72 bits per heavy atom. The SMILES string of the molecule is Nc1ncnc2c1nc(-c1ccc(Cl)cc1)n2[C@H]1C[C@H](O)[C@@H](CO)O1. The average Bonchev–Trinajstić information content (AvgIpc) is 3.16. The van der Waals surface area contributed by atoms with Gasteiger partial charge in [0.2, 0.25) is 0 Å². The summed E-state index contributed by atoms with van der Waals surface area (Å²) in [6, 6.07) is 7.18. The lowest BCUT2D eigenvalue weighted by molar-refractivity contribution is -0.0426. The van der Waals surface area contributed by atoms with Crippen LogP contribution in [0.25, 0.3) is 22.6 Å². The van der Waals surface area contributed by atoms with Crippen molar-refractivity contribution in [1.82, 2.24) is 19.5 Å². The summed E-state index contributed by atoms with van der Waals surface area (Å²) in [5, 5.41) is 20.1. The fourth-order valence-corrected chi connectivity index (χ4v) is 3.16. The molecule has 130 valence electrons. The second kappa shape index (κ2) is 6.23. The van der Waals surface area contributed by atoms with Gasteiger partial charge in [-0.15, -0.1) is 0 Å². The minimum Gasteiger partial charge on any atom is -0.394 e. The van der Waals surface area contributed by atoms with Gasteiger partial charge in [-0.25, -0.2) is 15.0 Å². The number of nitrogens with two attached hydrogens (primary N) is 1. The van der Waals surface area contributed by atoms with E-state index in [1.54, 1.807) is 16.7 Å². The standard InChI is InChI=1S/C16H16ClN5O3/c17-9-3-1-8(2-4-9)15-21-13-14(18)19-7-20-16(13)22(15)12-5-10(24)11(6-23)25-12/h1-4,7,10-12,23-24H,5-6H2,(H2,18,19,20)/t10-,11+,12+/m0/s1. The van der Waals surface area contributed by atoms with Gasteiger partial charge in [0.1, 0.15) is 24.5 Å². The first kappa shape index (κ1) is 16.2. The van der Waals surface area contributed by atoms with Gasteiger partial charge in [0, 0.05) is 17.0 Å². The number of rotatable bonds is 3. The second-order valence-corrected chi connectivity index (χ2v) is 6.29. The fourth-order valence-electron chi connectivity index (χ4n) is 3.04. The molecule has 9 heteroatoms. The molecular formula is C16H16ClN5O3. The number of aliphatic hydroxyl groups is 2. The van der Waals surface area contributed by atoms with Crippen LogP contribution in [0.4, 0.5) is 5.82 Å². The third-order valence-electron chi connectivity index (χ3n) is 4.28. The normalized spacial score (nSPS) is 23.4. The first-order valence-corrected chi connectivity index (χ1v) is 8.15. The van der Waals surface area contributed by atoms with Crippen molar-refractivity contribution in [2.24, 2.45) is 0 Å². The Labute approximate surface area is 147 Å². The van der Waals surface area contributed by atoms with Crippen molar-refractivity contribution >= 4 is 28.6 Å². The molecule has 25 heavy (non-hydrogen) atoms. The van der Waals surface area contributed by atoms with Crippen molar-refractivity contribution in [3.63, 3.8) is 0 Å². The molecule has 1 aromatic carbocycles. The minimum absolute atomic E-state index is 0.260. The predicted molar refractivity (Wildman–Crippen MR) is 91.8 cm³/mol. The highest BCUT2D eigenvalue weighted by molar-refractivity contribution is 6.30. The third kappa shape index (κ3) is 2.73. The largest absolute Gasteiger partial charge is 0.394 e. The molecular weight excluding hydrogens is 346 g/mol. The molecule has 3 aromatic rings. The molecule has 1 aliphatic rings. The van der Waals surface area contributed by atoms with E-state index in [1.807, 2.05) is 12.1 Å². The highest BCUT2D eigenvalue weighted by atomic mass is 35.5. The predicted octanol–water partition coefficient (Wildman–Crippen LogP) is 1.37. The van der Waals surface area contributed by atoms with Crippen molar-refractivity contribution in [2.45, 2.75) is 24.9 Å². The lowest BCUT2D eigenvalue weighted by Crippen LogP contribution is -2.24. The van der Waals surface area contributed by atoms with Gasteiger partial charge in [-0.05, 0) is 24.3 Å². The number of aliphatic hydroxyl groups excluding tert-OH is 2. The van der Waals surface area contributed by atoms with Gasteiger partial charge in [0.05, 0.1) is 12.7 Å². The Morgan fingerprint density at radius 1 is 1.28 bits per heavy atom. The molecule has 1 fully saturated rings. The molecule has 0 bridgehead atoms. The molecule has 8 nitrogen and oxygen atoms in total. The Morgan fingerprint density at radius 2 is 2.04 bits per heavy atom. The van der Waals surface area contributed by atoms with E-state index in [0.29, 0.717) is 28.4 Å². The number of imidazole rings is 1. The molecule has 1 saturated heterocycles. The van der Waals surface area contributed by atoms with E-state index in [0.717, 1.165) is 5.56 Å². The van der Waals surface area contributed by atoms with Gasteiger partial charge < -0.3 is 20.7 Å². The van der Waals surface area contributed by atoms with Crippen LogP contribution in [0.3, 0.4) is 0 Å². The minimum atomic E-state index is -0.773. The van der Waals surface area contributed by atoms with Crippen molar-refractivity contribution < 1.29 is 14.9 Å². The van der Waals surface area contributed by atoms with Crippen LogP contribution in [0.1, 0.15) is 12.6 Å². The van der Waals surface area contributed by atoms with E-state index in [9.17, 15) is 10.2 Å². The van der Waals surface area contributed by atoms with Crippen molar-refractivity contribution in [3.05, 3.63) is 35.6 Å². The first-order chi connectivity index (χ1) is 12.1. The zero-order valence-electron chi connectivity index (χ0n) is 13.1. The average molecular weight is 362 g/mol. The summed E-state index contributed by atoms with van der Waals surface area (Å²) in [6.07, 6.45) is -0.293. The fraction of sp³-hybridized carbons (Fsp3) is 0.312.